The van der Waals surface area contributed by atoms with Crippen molar-refractivity contribution in [1.82, 2.24) is 5.32 Å². The number of nitrogens with one attached hydrogen (secondary N) is 1. The van der Waals surface area contributed by atoms with Crippen molar-refractivity contribution in [1.29, 1.82) is 0 Å². The van der Waals surface area contributed by atoms with Gasteiger partial charge in [0, 0.05) is 5.54 Å². The highest BCUT2D eigenvalue weighted by molar-refractivity contribution is 7.98. The van der Waals surface area contributed by atoms with Gasteiger partial charge in [0.05, 0.1) is 0 Å². The Morgan fingerprint density at radius 2 is 1.62 bits per heavy atom. The fraction of sp³-hybridized carbons (Fsp3) is 1.00. The Balaban J connectivity index is 3.00. The van der Waals surface area contributed by atoms with Gasteiger partial charge >= 0.3 is 0 Å². The molecule has 0 heterocycles. The highest BCUT2D eigenvalue weighted by Gasteiger charge is 2.06. The zero-order valence-electron chi connectivity index (χ0n) is 9.65. The van der Waals surface area contributed by atoms with Crippen LogP contribution in [-0.2, 0) is 0 Å². The largest absolute Gasteiger partial charge is 0.312 e. The lowest BCUT2D eigenvalue weighted by Crippen LogP contribution is -2.36. The third kappa shape index (κ3) is 12.3. The van der Waals surface area contributed by atoms with Crippen LogP contribution in [0.25, 0.3) is 0 Å². The molecule has 0 aliphatic heterocycles. The summed E-state index contributed by atoms with van der Waals surface area (Å²) in [5.41, 5.74) is 0.291. The minimum Gasteiger partial charge on any atom is -0.312 e. The fourth-order valence-corrected chi connectivity index (χ4v) is 1.68. The molecule has 0 unspecified atom stereocenters. The Labute approximate surface area is 88.1 Å². The van der Waals surface area contributed by atoms with Gasteiger partial charge in [-0.25, -0.2) is 0 Å². The lowest BCUT2D eigenvalue weighted by Gasteiger charge is -2.20. The maximum Gasteiger partial charge on any atom is 0.00965 e. The molecule has 80 valence electrons. The van der Waals surface area contributed by atoms with Crippen LogP contribution in [0, 0.1) is 0 Å². The van der Waals surface area contributed by atoms with E-state index in [1.165, 1.54) is 38.0 Å². The summed E-state index contributed by atoms with van der Waals surface area (Å²) in [4.78, 5) is 0. The van der Waals surface area contributed by atoms with Gasteiger partial charge < -0.3 is 5.32 Å². The normalized spacial score (nSPS) is 12.0. The summed E-state index contributed by atoms with van der Waals surface area (Å²) in [5.74, 6) is 1.33. The SMILES string of the molecule is CSCCCCCCNC(C)(C)C. The standard InChI is InChI=1S/C11H25NS/c1-11(2,3)12-9-7-5-6-8-10-13-4/h12H,5-10H2,1-4H3. The summed E-state index contributed by atoms with van der Waals surface area (Å²) >= 11 is 1.95. The van der Waals surface area contributed by atoms with Gasteiger partial charge in [0.2, 0.25) is 0 Å². The number of hydrogen-bond acceptors (Lipinski definition) is 2. The Kier molecular flexibility index (Phi) is 7.87. The highest BCUT2D eigenvalue weighted by atomic mass is 32.2. The lowest BCUT2D eigenvalue weighted by molar-refractivity contribution is 0.417. The van der Waals surface area contributed by atoms with E-state index in [1.54, 1.807) is 0 Å². The van der Waals surface area contributed by atoms with Crippen LogP contribution >= 0.6 is 11.8 Å². The van der Waals surface area contributed by atoms with E-state index < -0.39 is 0 Å². The summed E-state index contributed by atoms with van der Waals surface area (Å²) in [7, 11) is 0. The van der Waals surface area contributed by atoms with Crippen LogP contribution in [0.15, 0.2) is 0 Å². The van der Waals surface area contributed by atoms with E-state index in [0.717, 1.165) is 0 Å². The summed E-state index contributed by atoms with van der Waals surface area (Å²) < 4.78 is 0. The smallest absolute Gasteiger partial charge is 0.00965 e. The first kappa shape index (κ1) is 13.3. The molecule has 0 aromatic rings. The predicted octanol–water partition coefficient (Wildman–Crippen LogP) is 3.30. The van der Waals surface area contributed by atoms with Gasteiger partial charge in [-0.05, 0) is 52.2 Å². The fourth-order valence-electron chi connectivity index (χ4n) is 1.19. The van der Waals surface area contributed by atoms with E-state index in [9.17, 15) is 0 Å². The van der Waals surface area contributed by atoms with Crippen LogP contribution < -0.4 is 5.32 Å². The molecule has 2 heteroatoms. The molecule has 0 radical (unpaired) electrons. The summed E-state index contributed by atoms with van der Waals surface area (Å²) in [6.45, 7) is 7.84. The van der Waals surface area contributed by atoms with Crippen molar-refractivity contribution in [2.24, 2.45) is 0 Å². The minimum absolute atomic E-state index is 0.291. The second-order valence-electron chi connectivity index (χ2n) is 4.58. The topological polar surface area (TPSA) is 12.0 Å². The molecular weight excluding hydrogens is 178 g/mol. The molecule has 0 aromatic carbocycles. The summed E-state index contributed by atoms with van der Waals surface area (Å²) in [6, 6.07) is 0. The average Bonchev–Trinajstić information content (AvgIpc) is 2.01. The van der Waals surface area contributed by atoms with Crippen LogP contribution in [0.4, 0.5) is 0 Å². The monoisotopic (exact) mass is 203 g/mol. The zero-order valence-corrected chi connectivity index (χ0v) is 10.5. The molecule has 0 atom stereocenters. The van der Waals surface area contributed by atoms with E-state index in [4.69, 9.17) is 0 Å². The molecule has 0 rings (SSSR count). The third-order valence-electron chi connectivity index (χ3n) is 1.93. The Bertz CT molecular complexity index is 107. The molecule has 0 saturated carbocycles. The molecule has 0 aromatic heterocycles. The molecule has 1 N–H and O–H groups in total. The summed E-state index contributed by atoms with van der Waals surface area (Å²) in [6.07, 6.45) is 7.67. The van der Waals surface area contributed by atoms with E-state index >= 15 is 0 Å². The summed E-state index contributed by atoms with van der Waals surface area (Å²) in [5, 5.41) is 3.51. The van der Waals surface area contributed by atoms with E-state index in [0.29, 0.717) is 5.54 Å². The second kappa shape index (κ2) is 7.69. The van der Waals surface area contributed by atoms with Crippen molar-refractivity contribution < 1.29 is 0 Å². The van der Waals surface area contributed by atoms with Crippen LogP contribution in [0.2, 0.25) is 0 Å². The van der Waals surface area contributed by atoms with Crippen LogP contribution in [-0.4, -0.2) is 24.1 Å². The van der Waals surface area contributed by atoms with Crippen molar-refractivity contribution in [3.63, 3.8) is 0 Å². The van der Waals surface area contributed by atoms with Crippen LogP contribution in [0.3, 0.4) is 0 Å². The average molecular weight is 203 g/mol. The Morgan fingerprint density at radius 3 is 2.15 bits per heavy atom. The molecule has 13 heavy (non-hydrogen) atoms. The molecule has 0 fully saturated rings. The van der Waals surface area contributed by atoms with Gasteiger partial charge in [-0.3, -0.25) is 0 Å². The van der Waals surface area contributed by atoms with Crippen LogP contribution in [0.1, 0.15) is 46.5 Å². The van der Waals surface area contributed by atoms with Gasteiger partial charge in [0.25, 0.3) is 0 Å². The maximum absolute atomic E-state index is 3.51. The number of rotatable bonds is 7. The molecule has 0 spiro atoms. The quantitative estimate of drug-likeness (QED) is 0.637. The number of unbranched alkanes of at least 4 members (excludes halogenated alkanes) is 3. The van der Waals surface area contributed by atoms with Crippen molar-refractivity contribution >= 4 is 11.8 Å². The van der Waals surface area contributed by atoms with Crippen molar-refractivity contribution in [2.75, 3.05) is 18.6 Å². The maximum atomic E-state index is 3.51. The lowest BCUT2D eigenvalue weighted by atomic mass is 10.1. The zero-order chi connectivity index (χ0) is 10.2. The van der Waals surface area contributed by atoms with Gasteiger partial charge in [0.15, 0.2) is 0 Å². The van der Waals surface area contributed by atoms with Crippen molar-refractivity contribution in [3.8, 4) is 0 Å². The third-order valence-corrected chi connectivity index (χ3v) is 2.63. The number of thioether (sulfide) groups is 1. The molecular formula is C11H25NS. The predicted molar refractivity (Wildman–Crippen MR) is 64.6 cm³/mol. The molecule has 0 aliphatic carbocycles. The van der Waals surface area contributed by atoms with E-state index in [2.05, 4.69) is 32.3 Å². The van der Waals surface area contributed by atoms with Crippen molar-refractivity contribution in [3.05, 3.63) is 0 Å². The minimum atomic E-state index is 0.291. The Morgan fingerprint density at radius 1 is 1.00 bits per heavy atom. The molecule has 0 aliphatic rings. The van der Waals surface area contributed by atoms with Gasteiger partial charge in [-0.15, -0.1) is 0 Å². The van der Waals surface area contributed by atoms with Gasteiger partial charge in [-0.1, -0.05) is 12.8 Å². The van der Waals surface area contributed by atoms with E-state index in [-0.39, 0.29) is 0 Å². The highest BCUT2D eigenvalue weighted by Crippen LogP contribution is 2.05. The molecule has 0 bridgehead atoms. The van der Waals surface area contributed by atoms with Gasteiger partial charge in [0.1, 0.15) is 0 Å². The van der Waals surface area contributed by atoms with Crippen LogP contribution in [0.5, 0.6) is 0 Å². The Hall–Kier alpha value is 0.310. The molecule has 0 amide bonds. The molecule has 0 saturated heterocycles. The second-order valence-corrected chi connectivity index (χ2v) is 5.57. The van der Waals surface area contributed by atoms with Crippen molar-refractivity contribution in [2.45, 2.75) is 52.0 Å². The van der Waals surface area contributed by atoms with Gasteiger partial charge in [-0.2, -0.15) is 11.8 Å². The first-order valence-electron chi connectivity index (χ1n) is 5.30. The number of hydrogen-bond donors (Lipinski definition) is 1. The first-order valence-corrected chi connectivity index (χ1v) is 6.69. The molecule has 1 nitrogen and oxygen atoms in total. The first-order chi connectivity index (χ1) is 6.06. The van der Waals surface area contributed by atoms with E-state index in [1.807, 2.05) is 11.8 Å².